The predicted molar refractivity (Wildman–Crippen MR) is 81.9 cm³/mol. The van der Waals surface area contributed by atoms with Crippen LogP contribution in [-0.4, -0.2) is 28.0 Å². The van der Waals surface area contributed by atoms with Gasteiger partial charge in [-0.25, -0.2) is 5.01 Å². The molecule has 1 aliphatic rings. The highest BCUT2D eigenvalue weighted by Gasteiger charge is 2.32. The fraction of sp³-hybridized carbons (Fsp3) is 0.286. The van der Waals surface area contributed by atoms with Crippen molar-refractivity contribution >= 4 is 34.7 Å². The lowest BCUT2D eigenvalue weighted by Gasteiger charge is -2.19. The Balaban J connectivity index is 2.18. The summed E-state index contributed by atoms with van der Waals surface area (Å²) < 4.78 is 4.97. The summed E-state index contributed by atoms with van der Waals surface area (Å²) in [6.07, 6.45) is 0. The molecule has 0 saturated heterocycles. The number of nitrogens with zero attached hydrogens (tertiary/aromatic N) is 2. The Kier molecular flexibility index (Phi) is 4.81. The number of carbonyl (C=O) groups excluding carboxylic acids is 3. The van der Waals surface area contributed by atoms with Gasteiger partial charge >= 0.3 is 5.97 Å². The van der Waals surface area contributed by atoms with Gasteiger partial charge in [0, 0.05) is 20.8 Å². The van der Waals surface area contributed by atoms with Crippen LogP contribution in [0.4, 0.5) is 0 Å². The molecule has 22 heavy (non-hydrogen) atoms. The van der Waals surface area contributed by atoms with E-state index in [1.54, 1.807) is 24.3 Å². The van der Waals surface area contributed by atoms with Gasteiger partial charge in [0.25, 0.3) is 0 Å². The van der Waals surface area contributed by atoms with Crippen molar-refractivity contribution < 1.29 is 19.1 Å². The standard InChI is InChI=1S/C14H15N3O4S/c1-8(18)15-14-16-17(9(2)19)13(22-14)11-4-6-12(7-5-11)21-10(3)20/h4-7,13H,1-3H3,(H,15,16,18)/t13-/m1/s1. The van der Waals surface area contributed by atoms with Gasteiger partial charge in [-0.3, -0.25) is 14.4 Å². The zero-order chi connectivity index (χ0) is 16.3. The normalized spacial score (nSPS) is 17.0. The molecule has 1 aromatic rings. The zero-order valence-electron chi connectivity index (χ0n) is 12.3. The first-order valence-electron chi connectivity index (χ1n) is 6.48. The highest BCUT2D eigenvalue weighted by molar-refractivity contribution is 8.14. The van der Waals surface area contributed by atoms with E-state index in [2.05, 4.69) is 10.4 Å². The Labute approximate surface area is 131 Å². The summed E-state index contributed by atoms with van der Waals surface area (Å²) in [6.45, 7) is 4.11. The molecule has 0 aliphatic carbocycles. The highest BCUT2D eigenvalue weighted by atomic mass is 32.2. The molecule has 0 bridgehead atoms. The van der Waals surface area contributed by atoms with Crippen molar-refractivity contribution in [2.24, 2.45) is 5.10 Å². The largest absolute Gasteiger partial charge is 0.427 e. The Morgan fingerprint density at radius 1 is 1.18 bits per heavy atom. The molecule has 0 aromatic heterocycles. The average molecular weight is 321 g/mol. The Hall–Kier alpha value is -2.35. The minimum Gasteiger partial charge on any atom is -0.427 e. The summed E-state index contributed by atoms with van der Waals surface area (Å²) in [4.78, 5) is 33.7. The number of nitrogens with one attached hydrogen (secondary N) is 1. The number of ether oxygens (including phenoxy) is 1. The van der Waals surface area contributed by atoms with Crippen LogP contribution in [0.3, 0.4) is 0 Å². The van der Waals surface area contributed by atoms with Crippen LogP contribution in [0.5, 0.6) is 5.75 Å². The molecule has 1 heterocycles. The number of hydrogen-bond donors (Lipinski definition) is 1. The lowest BCUT2D eigenvalue weighted by molar-refractivity contribution is -0.132. The van der Waals surface area contributed by atoms with E-state index in [1.807, 2.05) is 0 Å². The summed E-state index contributed by atoms with van der Waals surface area (Å²) in [7, 11) is 0. The number of benzene rings is 1. The quantitative estimate of drug-likeness (QED) is 0.660. The van der Waals surface area contributed by atoms with Gasteiger partial charge in [-0.1, -0.05) is 23.9 Å². The number of carbonyl (C=O) groups is 3. The first-order valence-corrected chi connectivity index (χ1v) is 7.36. The fourth-order valence-corrected chi connectivity index (χ4v) is 2.98. The van der Waals surface area contributed by atoms with E-state index >= 15 is 0 Å². The van der Waals surface area contributed by atoms with Gasteiger partial charge in [0.2, 0.25) is 11.8 Å². The van der Waals surface area contributed by atoms with Crippen LogP contribution in [0.2, 0.25) is 0 Å². The third kappa shape index (κ3) is 3.85. The van der Waals surface area contributed by atoms with E-state index < -0.39 is 5.97 Å². The molecule has 1 atom stereocenters. The summed E-state index contributed by atoms with van der Waals surface area (Å²) in [5.74, 6) is -0.455. The maximum Gasteiger partial charge on any atom is 0.308 e. The number of amides is 2. The molecule has 0 saturated carbocycles. The third-order valence-electron chi connectivity index (χ3n) is 2.68. The monoisotopic (exact) mass is 321 g/mol. The summed E-state index contributed by atoms with van der Waals surface area (Å²) in [6, 6.07) is 6.79. The molecule has 0 fully saturated rings. The van der Waals surface area contributed by atoms with E-state index in [-0.39, 0.29) is 17.2 Å². The first-order chi connectivity index (χ1) is 10.4. The molecule has 0 unspecified atom stereocenters. The third-order valence-corrected chi connectivity index (χ3v) is 3.78. The maximum atomic E-state index is 11.7. The molecule has 1 aromatic carbocycles. The van der Waals surface area contributed by atoms with Gasteiger partial charge in [0.05, 0.1) is 0 Å². The van der Waals surface area contributed by atoms with Crippen molar-refractivity contribution in [2.75, 3.05) is 0 Å². The maximum absolute atomic E-state index is 11.7. The number of hydrazone groups is 1. The van der Waals surface area contributed by atoms with Crippen LogP contribution in [0, 0.1) is 0 Å². The lowest BCUT2D eigenvalue weighted by Crippen LogP contribution is -2.25. The smallest absolute Gasteiger partial charge is 0.308 e. The van der Waals surface area contributed by atoms with Crippen molar-refractivity contribution in [2.45, 2.75) is 26.1 Å². The van der Waals surface area contributed by atoms with Gasteiger partial charge in [-0.15, -0.1) is 5.10 Å². The second kappa shape index (κ2) is 6.61. The van der Waals surface area contributed by atoms with Gasteiger partial charge < -0.3 is 10.1 Å². The van der Waals surface area contributed by atoms with Crippen LogP contribution in [0.15, 0.2) is 29.4 Å². The van der Waals surface area contributed by atoms with Crippen LogP contribution in [0.1, 0.15) is 31.7 Å². The van der Waals surface area contributed by atoms with Crippen molar-refractivity contribution in [3.8, 4) is 5.75 Å². The molecule has 8 heteroatoms. The van der Waals surface area contributed by atoms with Crippen LogP contribution < -0.4 is 10.1 Å². The molecular weight excluding hydrogens is 306 g/mol. The number of esters is 1. The summed E-state index contributed by atoms with van der Waals surface area (Å²) in [5, 5.41) is 7.98. The Morgan fingerprint density at radius 3 is 2.32 bits per heavy atom. The molecule has 1 aliphatic heterocycles. The molecular formula is C14H15N3O4S. The number of rotatable bonds is 2. The van der Waals surface area contributed by atoms with E-state index in [4.69, 9.17) is 4.74 Å². The van der Waals surface area contributed by atoms with Crippen molar-refractivity contribution in [3.05, 3.63) is 29.8 Å². The summed E-state index contributed by atoms with van der Waals surface area (Å²) in [5.41, 5.74) is 0.806. The molecule has 1 N–H and O–H groups in total. The second-order valence-corrected chi connectivity index (χ2v) is 5.65. The molecule has 0 spiro atoms. The fourth-order valence-electron chi connectivity index (χ4n) is 1.85. The highest BCUT2D eigenvalue weighted by Crippen LogP contribution is 2.39. The average Bonchev–Trinajstić information content (AvgIpc) is 2.82. The van der Waals surface area contributed by atoms with E-state index in [9.17, 15) is 14.4 Å². The topological polar surface area (TPSA) is 88.1 Å². The minimum absolute atomic E-state index is 0.234. The number of hydrogen-bond acceptors (Lipinski definition) is 6. The molecule has 2 amide bonds. The first kappa shape index (κ1) is 16.0. The molecule has 7 nitrogen and oxygen atoms in total. The second-order valence-electron chi connectivity index (χ2n) is 4.58. The zero-order valence-corrected chi connectivity index (χ0v) is 13.1. The van der Waals surface area contributed by atoms with Crippen LogP contribution >= 0.6 is 11.8 Å². The summed E-state index contributed by atoms with van der Waals surface area (Å²) >= 11 is 1.26. The van der Waals surface area contributed by atoms with Gasteiger partial charge in [-0.05, 0) is 17.7 Å². The van der Waals surface area contributed by atoms with Gasteiger partial charge in [-0.2, -0.15) is 0 Å². The number of amidine groups is 1. The minimum atomic E-state index is -0.398. The van der Waals surface area contributed by atoms with E-state index in [1.165, 1.54) is 37.5 Å². The van der Waals surface area contributed by atoms with E-state index in [0.29, 0.717) is 10.9 Å². The Bertz CT molecular complexity index is 642. The predicted octanol–water partition coefficient (Wildman–Crippen LogP) is 1.61. The molecule has 0 radical (unpaired) electrons. The molecule has 116 valence electrons. The Morgan fingerprint density at radius 2 is 1.82 bits per heavy atom. The van der Waals surface area contributed by atoms with Crippen molar-refractivity contribution in [3.63, 3.8) is 0 Å². The van der Waals surface area contributed by atoms with Gasteiger partial charge in [0.15, 0.2) is 5.17 Å². The van der Waals surface area contributed by atoms with Crippen LogP contribution in [-0.2, 0) is 14.4 Å². The van der Waals surface area contributed by atoms with Crippen LogP contribution in [0.25, 0.3) is 0 Å². The van der Waals surface area contributed by atoms with E-state index in [0.717, 1.165) is 5.56 Å². The lowest BCUT2D eigenvalue weighted by atomic mass is 10.2. The van der Waals surface area contributed by atoms with Crippen molar-refractivity contribution in [1.29, 1.82) is 0 Å². The van der Waals surface area contributed by atoms with Gasteiger partial charge in [0.1, 0.15) is 11.1 Å². The van der Waals surface area contributed by atoms with Crippen molar-refractivity contribution in [1.82, 2.24) is 10.3 Å². The molecule has 2 rings (SSSR count). The number of thioether (sulfide) groups is 1. The SMILES string of the molecule is CC(=O)NC1=NN(C(C)=O)[C@@H](c2ccc(OC(C)=O)cc2)S1.